The van der Waals surface area contributed by atoms with Crippen LogP contribution in [0, 0.1) is 17.1 Å². The summed E-state index contributed by atoms with van der Waals surface area (Å²) in [6.45, 7) is 1.93. The fourth-order valence-corrected chi connectivity index (χ4v) is 3.37. The van der Waals surface area contributed by atoms with Gasteiger partial charge in [0.05, 0.1) is 29.6 Å². The molecule has 0 N–H and O–H groups in total. The van der Waals surface area contributed by atoms with Crippen LogP contribution in [-0.4, -0.2) is 27.2 Å². The summed E-state index contributed by atoms with van der Waals surface area (Å²) in [5.74, 6) is -0.995. The van der Waals surface area contributed by atoms with Crippen molar-refractivity contribution in [2.75, 3.05) is 6.61 Å². The zero-order chi connectivity index (χ0) is 21.3. The topological polar surface area (TPSA) is 80.3 Å². The van der Waals surface area contributed by atoms with Gasteiger partial charge in [0.25, 0.3) is 0 Å². The fraction of sp³-hybridized carbons (Fsp3) is 0.0909. The molecule has 6 nitrogen and oxygen atoms in total. The van der Waals surface area contributed by atoms with Crippen LogP contribution in [0.1, 0.15) is 23.0 Å². The zero-order valence-corrected chi connectivity index (χ0v) is 17.4. The summed E-state index contributed by atoms with van der Waals surface area (Å²) in [4.78, 5) is 16.7. The fourth-order valence-electron chi connectivity index (χ4n) is 3.03. The molecular formula is C22H14BrFN4O2. The van der Waals surface area contributed by atoms with E-state index in [9.17, 15) is 9.18 Å². The monoisotopic (exact) mass is 464 g/mol. The van der Waals surface area contributed by atoms with Crippen LogP contribution in [0.2, 0.25) is 0 Å². The Bertz CT molecular complexity index is 1310. The molecule has 148 valence electrons. The molecule has 0 aliphatic carbocycles. The highest BCUT2D eigenvalue weighted by atomic mass is 79.9. The van der Waals surface area contributed by atoms with Gasteiger partial charge in [0.1, 0.15) is 5.82 Å². The van der Waals surface area contributed by atoms with E-state index in [1.807, 2.05) is 0 Å². The van der Waals surface area contributed by atoms with Crippen molar-refractivity contribution in [2.45, 2.75) is 6.92 Å². The zero-order valence-electron chi connectivity index (χ0n) is 15.8. The van der Waals surface area contributed by atoms with Crippen LogP contribution < -0.4 is 0 Å². The predicted octanol–water partition coefficient (Wildman–Crippen LogP) is 5.01. The first-order valence-electron chi connectivity index (χ1n) is 9.04. The van der Waals surface area contributed by atoms with Gasteiger partial charge in [-0.1, -0.05) is 28.1 Å². The Morgan fingerprint density at radius 1 is 1.20 bits per heavy atom. The SMILES string of the molecule is CCOC(=O)c1cc(-c2ccc(C#N)cc2)n2nc(-c3ccc(Br)cc3F)cc2n1. The van der Waals surface area contributed by atoms with Crippen LogP contribution in [0.4, 0.5) is 4.39 Å². The first-order valence-corrected chi connectivity index (χ1v) is 9.83. The van der Waals surface area contributed by atoms with Crippen LogP contribution >= 0.6 is 15.9 Å². The van der Waals surface area contributed by atoms with Crippen LogP contribution in [0.25, 0.3) is 28.2 Å². The van der Waals surface area contributed by atoms with E-state index in [2.05, 4.69) is 32.1 Å². The second kappa shape index (κ2) is 8.05. The van der Waals surface area contributed by atoms with Gasteiger partial charge in [0, 0.05) is 21.7 Å². The molecule has 0 aliphatic rings. The average Bonchev–Trinajstić information content (AvgIpc) is 3.17. The van der Waals surface area contributed by atoms with Gasteiger partial charge in [-0.05, 0) is 43.3 Å². The van der Waals surface area contributed by atoms with E-state index in [0.717, 1.165) is 5.56 Å². The highest BCUT2D eigenvalue weighted by Crippen LogP contribution is 2.28. The molecule has 4 aromatic rings. The van der Waals surface area contributed by atoms with Gasteiger partial charge in [0.2, 0.25) is 0 Å². The second-order valence-corrected chi connectivity index (χ2v) is 7.28. The standard InChI is InChI=1S/C22H14BrFN4O2/c1-2-30-22(29)19-10-20(14-5-3-13(12-25)4-6-14)28-21(26-19)11-18(27-28)16-8-7-15(23)9-17(16)24/h3-11H,2H2,1H3. The first kappa shape index (κ1) is 19.7. The molecule has 8 heteroatoms. The van der Waals surface area contributed by atoms with E-state index in [1.54, 1.807) is 60.0 Å². The lowest BCUT2D eigenvalue weighted by Crippen LogP contribution is -2.09. The maximum absolute atomic E-state index is 14.5. The smallest absolute Gasteiger partial charge is 0.357 e. The molecule has 0 aliphatic heterocycles. The molecule has 2 heterocycles. The van der Waals surface area contributed by atoms with E-state index in [4.69, 9.17) is 10.00 Å². The Morgan fingerprint density at radius 3 is 2.63 bits per heavy atom. The van der Waals surface area contributed by atoms with Crippen molar-refractivity contribution in [1.29, 1.82) is 5.26 Å². The molecule has 2 aromatic carbocycles. The molecule has 0 unspecified atom stereocenters. The quantitative estimate of drug-likeness (QED) is 0.396. The number of ether oxygens (including phenoxy) is 1. The molecule has 0 bridgehead atoms. The summed E-state index contributed by atoms with van der Waals surface area (Å²) in [6, 6.07) is 16.8. The lowest BCUT2D eigenvalue weighted by molar-refractivity contribution is 0.0519. The Hall–Kier alpha value is -3.57. The molecule has 0 atom stereocenters. The molecule has 0 radical (unpaired) electrons. The highest BCUT2D eigenvalue weighted by Gasteiger charge is 2.18. The maximum Gasteiger partial charge on any atom is 0.357 e. The third kappa shape index (κ3) is 3.67. The summed E-state index contributed by atoms with van der Waals surface area (Å²) in [5, 5.41) is 13.6. The number of aromatic nitrogens is 3. The lowest BCUT2D eigenvalue weighted by atomic mass is 10.1. The van der Waals surface area contributed by atoms with E-state index < -0.39 is 11.8 Å². The number of hydrogen-bond donors (Lipinski definition) is 0. The minimum absolute atomic E-state index is 0.117. The minimum atomic E-state index is -0.563. The Balaban J connectivity index is 1.93. The molecule has 0 fully saturated rings. The number of benzene rings is 2. The highest BCUT2D eigenvalue weighted by molar-refractivity contribution is 9.10. The first-order chi connectivity index (χ1) is 14.5. The van der Waals surface area contributed by atoms with Gasteiger partial charge < -0.3 is 4.74 Å². The van der Waals surface area contributed by atoms with Crippen molar-refractivity contribution >= 4 is 27.5 Å². The van der Waals surface area contributed by atoms with Gasteiger partial charge in [-0.2, -0.15) is 10.4 Å². The lowest BCUT2D eigenvalue weighted by Gasteiger charge is -2.08. The molecular weight excluding hydrogens is 451 g/mol. The molecule has 4 rings (SSSR count). The average molecular weight is 465 g/mol. The van der Waals surface area contributed by atoms with E-state index in [1.165, 1.54) is 6.07 Å². The largest absolute Gasteiger partial charge is 0.461 e. The molecule has 2 aromatic heterocycles. The van der Waals surface area contributed by atoms with Crippen molar-refractivity contribution in [3.63, 3.8) is 0 Å². The molecule has 0 spiro atoms. The van der Waals surface area contributed by atoms with Crippen molar-refractivity contribution in [3.05, 3.63) is 76.1 Å². The van der Waals surface area contributed by atoms with Gasteiger partial charge in [-0.15, -0.1) is 0 Å². The number of carbonyl (C=O) groups excluding carboxylic acids is 1. The molecule has 0 saturated carbocycles. The number of fused-ring (bicyclic) bond motifs is 1. The Labute approximate surface area is 179 Å². The summed E-state index contributed by atoms with van der Waals surface area (Å²) < 4.78 is 21.7. The number of rotatable bonds is 4. The van der Waals surface area contributed by atoms with Crippen molar-refractivity contribution < 1.29 is 13.9 Å². The third-order valence-corrected chi connectivity index (χ3v) is 4.92. The van der Waals surface area contributed by atoms with Gasteiger partial charge in [-0.3, -0.25) is 0 Å². The van der Waals surface area contributed by atoms with Crippen molar-refractivity contribution in [3.8, 4) is 28.6 Å². The summed E-state index contributed by atoms with van der Waals surface area (Å²) in [7, 11) is 0. The number of esters is 1. The second-order valence-electron chi connectivity index (χ2n) is 6.36. The van der Waals surface area contributed by atoms with Crippen LogP contribution in [-0.2, 0) is 4.74 Å². The van der Waals surface area contributed by atoms with Crippen molar-refractivity contribution in [2.24, 2.45) is 0 Å². The van der Waals surface area contributed by atoms with E-state index in [-0.39, 0.29) is 12.3 Å². The summed E-state index contributed by atoms with van der Waals surface area (Å²) in [5.41, 5.74) is 2.97. The molecule has 30 heavy (non-hydrogen) atoms. The van der Waals surface area contributed by atoms with Gasteiger partial charge in [-0.25, -0.2) is 18.7 Å². The normalized spacial score (nSPS) is 10.7. The molecule has 0 saturated heterocycles. The van der Waals surface area contributed by atoms with E-state index >= 15 is 0 Å². The van der Waals surface area contributed by atoms with Crippen molar-refractivity contribution in [1.82, 2.24) is 14.6 Å². The maximum atomic E-state index is 14.5. The Morgan fingerprint density at radius 2 is 1.97 bits per heavy atom. The minimum Gasteiger partial charge on any atom is -0.461 e. The summed E-state index contributed by atoms with van der Waals surface area (Å²) >= 11 is 3.25. The number of hydrogen-bond acceptors (Lipinski definition) is 5. The van der Waals surface area contributed by atoms with Crippen LogP contribution in [0.5, 0.6) is 0 Å². The molecule has 0 amide bonds. The third-order valence-electron chi connectivity index (χ3n) is 4.43. The number of nitrogens with zero attached hydrogens (tertiary/aromatic N) is 4. The number of carbonyl (C=O) groups is 1. The number of nitriles is 1. The van der Waals surface area contributed by atoms with Crippen LogP contribution in [0.3, 0.4) is 0 Å². The van der Waals surface area contributed by atoms with Gasteiger partial charge in [0.15, 0.2) is 11.3 Å². The summed E-state index contributed by atoms with van der Waals surface area (Å²) in [6.07, 6.45) is 0. The van der Waals surface area contributed by atoms with Gasteiger partial charge >= 0.3 is 5.97 Å². The predicted molar refractivity (Wildman–Crippen MR) is 112 cm³/mol. The van der Waals surface area contributed by atoms with Crippen LogP contribution in [0.15, 0.2) is 59.1 Å². The number of halogens is 2. The van der Waals surface area contributed by atoms with E-state index in [0.29, 0.717) is 32.6 Å². The Kier molecular flexibility index (Phi) is 5.29.